The van der Waals surface area contributed by atoms with Crippen molar-refractivity contribution in [3.05, 3.63) is 28.3 Å². The molecule has 0 saturated carbocycles. The zero-order chi connectivity index (χ0) is 22.0. The Balaban J connectivity index is 0.000000612. The maximum Gasteiger partial charge on any atom is 0.414 e. The molecule has 2 atom stereocenters. The number of rotatable bonds is 7. The second-order valence-electron chi connectivity index (χ2n) is 7.57. The molecule has 0 aliphatic carbocycles. The maximum atomic E-state index is 9.10. The number of hydrogen-bond donors (Lipinski definition) is 2. The van der Waals surface area contributed by atoms with E-state index < -0.39 is 11.9 Å². The van der Waals surface area contributed by atoms with Crippen molar-refractivity contribution < 1.29 is 29.3 Å². The lowest BCUT2D eigenvalue weighted by Crippen LogP contribution is -2.40. The highest BCUT2D eigenvalue weighted by atomic mass is 35.5. The van der Waals surface area contributed by atoms with Crippen LogP contribution in [0.3, 0.4) is 0 Å². The van der Waals surface area contributed by atoms with E-state index in [1.165, 1.54) is 19.5 Å². The van der Waals surface area contributed by atoms with Gasteiger partial charge < -0.3 is 24.6 Å². The third-order valence-electron chi connectivity index (χ3n) is 4.84. The highest BCUT2D eigenvalue weighted by molar-refractivity contribution is 6.31. The van der Waals surface area contributed by atoms with E-state index in [9.17, 15) is 0 Å². The summed E-state index contributed by atoms with van der Waals surface area (Å²) in [4.78, 5) is 20.7. The molecule has 1 saturated heterocycles. The van der Waals surface area contributed by atoms with Gasteiger partial charge in [0.25, 0.3) is 0 Å². The lowest BCUT2D eigenvalue weighted by atomic mass is 9.92. The number of carboxylic acid groups (broad SMARTS) is 2. The third-order valence-corrected chi connectivity index (χ3v) is 5.25. The molecule has 2 N–H and O–H groups in total. The molecule has 1 fully saturated rings. The average Bonchev–Trinajstić information content (AvgIpc) is 2.64. The molecule has 7 nitrogen and oxygen atoms in total. The molecule has 0 radical (unpaired) electrons. The fourth-order valence-corrected chi connectivity index (χ4v) is 3.60. The summed E-state index contributed by atoms with van der Waals surface area (Å²) in [6, 6.07) is 3.82. The molecule has 1 aliphatic rings. The first-order chi connectivity index (χ1) is 13.6. The summed E-state index contributed by atoms with van der Waals surface area (Å²) in [6.45, 7) is 14.1. The molecule has 0 bridgehead atoms. The molecule has 2 rings (SSSR count). The van der Waals surface area contributed by atoms with Crippen LogP contribution in [-0.4, -0.2) is 66.5 Å². The fraction of sp³-hybridized carbons (Fsp3) is 0.619. The van der Waals surface area contributed by atoms with Crippen LogP contribution in [0.2, 0.25) is 5.02 Å². The number of halogens is 1. The van der Waals surface area contributed by atoms with Crippen LogP contribution in [0.5, 0.6) is 5.75 Å². The van der Waals surface area contributed by atoms with E-state index in [4.69, 9.17) is 40.9 Å². The van der Waals surface area contributed by atoms with E-state index in [1.807, 2.05) is 26.0 Å². The van der Waals surface area contributed by atoms with Gasteiger partial charge in [0.05, 0.1) is 13.2 Å². The van der Waals surface area contributed by atoms with Crippen LogP contribution in [0.15, 0.2) is 12.1 Å². The van der Waals surface area contributed by atoms with Crippen molar-refractivity contribution in [2.45, 2.75) is 34.1 Å². The molecule has 0 spiro atoms. The summed E-state index contributed by atoms with van der Waals surface area (Å²) in [5, 5.41) is 15.6. The van der Waals surface area contributed by atoms with Gasteiger partial charge in [-0.25, -0.2) is 9.59 Å². The maximum absolute atomic E-state index is 9.10. The van der Waals surface area contributed by atoms with Gasteiger partial charge in [-0.2, -0.15) is 0 Å². The minimum absolute atomic E-state index is 0.578. The van der Waals surface area contributed by atoms with Crippen molar-refractivity contribution in [3.8, 4) is 5.75 Å². The van der Waals surface area contributed by atoms with Gasteiger partial charge in [-0.05, 0) is 55.4 Å². The Morgan fingerprint density at radius 1 is 1.03 bits per heavy atom. The van der Waals surface area contributed by atoms with Gasteiger partial charge in [0, 0.05) is 24.7 Å². The summed E-state index contributed by atoms with van der Waals surface area (Å²) in [5.41, 5.74) is 2.19. The number of carbonyl (C=O) groups is 2. The number of benzene rings is 1. The van der Waals surface area contributed by atoms with Crippen molar-refractivity contribution in [1.29, 1.82) is 0 Å². The average molecular weight is 430 g/mol. The number of nitrogens with zero attached hydrogens (tertiary/aromatic N) is 1. The molecule has 1 aromatic carbocycles. The first kappa shape index (κ1) is 25.2. The standard InChI is InChI=1S/C19H30ClNO2.C2H2O4/c1-14-11-15(2)13-21(12-14)7-8-22-9-10-23-19-6-5-18(20)16(3)17(19)4;3-1(4)2(5)6/h5-6,14-15H,7-13H2,1-4H3;(H,3,4)(H,5,6). The van der Waals surface area contributed by atoms with Gasteiger partial charge in [-0.15, -0.1) is 0 Å². The second-order valence-corrected chi connectivity index (χ2v) is 7.98. The third kappa shape index (κ3) is 9.47. The molecule has 0 aromatic heterocycles. The van der Waals surface area contributed by atoms with Crippen molar-refractivity contribution >= 4 is 23.5 Å². The van der Waals surface area contributed by atoms with E-state index in [2.05, 4.69) is 18.7 Å². The number of likely N-dealkylation sites (tertiary alicyclic amines) is 1. The quantitative estimate of drug-likeness (QED) is 0.505. The van der Waals surface area contributed by atoms with Gasteiger partial charge in [0.15, 0.2) is 0 Å². The van der Waals surface area contributed by atoms with Crippen LogP contribution in [0, 0.1) is 25.7 Å². The van der Waals surface area contributed by atoms with Crippen LogP contribution >= 0.6 is 11.6 Å². The first-order valence-electron chi connectivity index (χ1n) is 9.76. The summed E-state index contributed by atoms with van der Waals surface area (Å²) in [7, 11) is 0. The molecule has 1 heterocycles. The van der Waals surface area contributed by atoms with E-state index in [1.54, 1.807) is 0 Å². The Morgan fingerprint density at radius 3 is 2.17 bits per heavy atom. The van der Waals surface area contributed by atoms with Crippen LogP contribution < -0.4 is 4.74 Å². The fourth-order valence-electron chi connectivity index (χ4n) is 3.40. The van der Waals surface area contributed by atoms with Gasteiger partial charge in [-0.1, -0.05) is 25.4 Å². The second kappa shape index (κ2) is 12.7. The summed E-state index contributed by atoms with van der Waals surface area (Å²) in [5.74, 6) is -1.14. The van der Waals surface area contributed by atoms with Crippen molar-refractivity contribution in [1.82, 2.24) is 4.90 Å². The number of piperidine rings is 1. The topological polar surface area (TPSA) is 96.3 Å². The zero-order valence-corrected chi connectivity index (χ0v) is 18.4. The largest absolute Gasteiger partial charge is 0.491 e. The van der Waals surface area contributed by atoms with E-state index in [-0.39, 0.29) is 0 Å². The number of carboxylic acids is 2. The molecular weight excluding hydrogens is 398 g/mol. The molecule has 2 unspecified atom stereocenters. The first-order valence-corrected chi connectivity index (χ1v) is 10.1. The Bertz CT molecular complexity index is 659. The Morgan fingerprint density at radius 2 is 1.62 bits per heavy atom. The summed E-state index contributed by atoms with van der Waals surface area (Å²) >= 11 is 6.10. The van der Waals surface area contributed by atoms with Crippen LogP contribution in [-0.2, 0) is 14.3 Å². The number of aliphatic carboxylic acids is 2. The van der Waals surface area contributed by atoms with E-state index in [0.29, 0.717) is 13.2 Å². The molecule has 164 valence electrons. The van der Waals surface area contributed by atoms with Crippen LogP contribution in [0.4, 0.5) is 0 Å². The SMILES string of the molecule is Cc1c(Cl)ccc(OCCOCCN2CC(C)CC(C)C2)c1C.O=C(O)C(=O)O. The van der Waals surface area contributed by atoms with Crippen molar-refractivity contribution in [2.24, 2.45) is 11.8 Å². The van der Waals surface area contributed by atoms with Crippen LogP contribution in [0.25, 0.3) is 0 Å². The highest BCUT2D eigenvalue weighted by Gasteiger charge is 2.21. The minimum Gasteiger partial charge on any atom is -0.491 e. The lowest BCUT2D eigenvalue weighted by Gasteiger charge is -2.34. The Labute approximate surface area is 177 Å². The van der Waals surface area contributed by atoms with Gasteiger partial charge in [0.2, 0.25) is 0 Å². The zero-order valence-electron chi connectivity index (χ0n) is 17.6. The molecule has 1 aromatic rings. The summed E-state index contributed by atoms with van der Waals surface area (Å²) < 4.78 is 11.5. The number of hydrogen-bond acceptors (Lipinski definition) is 5. The normalized spacial score (nSPS) is 19.2. The van der Waals surface area contributed by atoms with E-state index in [0.717, 1.165) is 46.9 Å². The van der Waals surface area contributed by atoms with E-state index >= 15 is 0 Å². The molecular formula is C21H32ClNO6. The Hall–Kier alpha value is -1.83. The minimum atomic E-state index is -1.82. The van der Waals surface area contributed by atoms with Gasteiger partial charge >= 0.3 is 11.9 Å². The van der Waals surface area contributed by atoms with Crippen molar-refractivity contribution in [3.63, 3.8) is 0 Å². The smallest absolute Gasteiger partial charge is 0.414 e. The molecule has 1 aliphatic heterocycles. The van der Waals surface area contributed by atoms with Crippen molar-refractivity contribution in [2.75, 3.05) is 39.5 Å². The molecule has 29 heavy (non-hydrogen) atoms. The number of ether oxygens (including phenoxy) is 2. The summed E-state index contributed by atoms with van der Waals surface area (Å²) in [6.07, 6.45) is 1.35. The predicted molar refractivity (Wildman–Crippen MR) is 112 cm³/mol. The molecule has 8 heteroatoms. The van der Waals surface area contributed by atoms with Gasteiger partial charge in [-0.3, -0.25) is 0 Å². The monoisotopic (exact) mass is 429 g/mol. The predicted octanol–water partition coefficient (Wildman–Crippen LogP) is 3.49. The Kier molecular flexibility index (Phi) is 11.0. The lowest BCUT2D eigenvalue weighted by molar-refractivity contribution is -0.159. The van der Waals surface area contributed by atoms with Crippen LogP contribution in [0.1, 0.15) is 31.4 Å². The van der Waals surface area contributed by atoms with Gasteiger partial charge in [0.1, 0.15) is 12.4 Å². The molecule has 0 amide bonds. The highest BCUT2D eigenvalue weighted by Crippen LogP contribution is 2.27.